The monoisotopic (exact) mass is 519 g/mol. The SMILES string of the molecule is CCSc1cc2c(cc1-c1nc3cc(C(F)(F)F)n(OC)c(=O)c3n1C)nc(C(F)(F)F)n2CC. The van der Waals surface area contributed by atoms with Crippen LogP contribution in [0.4, 0.5) is 26.3 Å². The molecule has 0 aliphatic carbocycles. The Labute approximate surface area is 198 Å². The average Bonchev–Trinajstić information content (AvgIpc) is 3.30. The molecule has 1 aromatic carbocycles. The maximum Gasteiger partial charge on any atom is 0.449 e. The number of aryl methyl sites for hydroxylation is 2. The lowest BCUT2D eigenvalue weighted by molar-refractivity contribution is -0.151. The molecule has 4 rings (SSSR count). The third-order valence-corrected chi connectivity index (χ3v) is 6.37. The average molecular weight is 519 g/mol. The lowest BCUT2D eigenvalue weighted by Gasteiger charge is -2.13. The van der Waals surface area contributed by atoms with Crippen molar-refractivity contribution in [2.75, 3.05) is 12.9 Å². The van der Waals surface area contributed by atoms with Crippen LogP contribution in [0.25, 0.3) is 33.5 Å². The van der Waals surface area contributed by atoms with E-state index in [1.165, 1.54) is 29.4 Å². The highest BCUT2D eigenvalue weighted by Crippen LogP contribution is 2.39. The third kappa shape index (κ3) is 4.02. The summed E-state index contributed by atoms with van der Waals surface area (Å²) in [7, 11) is 2.38. The summed E-state index contributed by atoms with van der Waals surface area (Å²) in [6, 6.07) is 3.66. The largest absolute Gasteiger partial charge is 0.449 e. The van der Waals surface area contributed by atoms with Gasteiger partial charge in [-0.15, -0.1) is 16.5 Å². The minimum absolute atomic E-state index is 0.0317. The number of rotatable bonds is 5. The van der Waals surface area contributed by atoms with Crippen LogP contribution in [0.1, 0.15) is 25.4 Å². The Balaban J connectivity index is 2.06. The number of fused-ring (bicyclic) bond motifs is 2. The highest BCUT2D eigenvalue weighted by atomic mass is 32.2. The maximum absolute atomic E-state index is 13.6. The second-order valence-electron chi connectivity index (χ2n) is 7.49. The summed E-state index contributed by atoms with van der Waals surface area (Å²) >= 11 is 1.32. The number of thioether (sulfide) groups is 1. The van der Waals surface area contributed by atoms with Gasteiger partial charge in [-0.25, -0.2) is 9.97 Å². The summed E-state index contributed by atoms with van der Waals surface area (Å²) in [6.07, 6.45) is -9.56. The molecule has 0 bridgehead atoms. The predicted octanol–water partition coefficient (Wildman–Crippen LogP) is 4.98. The first-order valence-electron chi connectivity index (χ1n) is 10.3. The molecule has 7 nitrogen and oxygen atoms in total. The number of pyridine rings is 1. The number of halogens is 6. The van der Waals surface area contributed by atoms with Crippen LogP contribution in [-0.4, -0.2) is 36.7 Å². The first-order valence-corrected chi connectivity index (χ1v) is 11.3. The Kier molecular flexibility index (Phi) is 6.06. The standard InChI is InChI=1S/C21H19F6N5O2S/c1-5-31-13-9-14(35-6-2)10(7-11(13)29-19(31)21(25,26)27)17-28-12-8-15(20(22,23)24)32(34-4)18(33)16(12)30(17)3/h7-9H,5-6H2,1-4H3. The molecule has 0 unspecified atom stereocenters. The van der Waals surface area contributed by atoms with Gasteiger partial charge in [0.2, 0.25) is 5.82 Å². The van der Waals surface area contributed by atoms with E-state index >= 15 is 0 Å². The van der Waals surface area contributed by atoms with E-state index in [9.17, 15) is 31.1 Å². The van der Waals surface area contributed by atoms with E-state index in [2.05, 4.69) is 14.8 Å². The fourth-order valence-corrected chi connectivity index (χ4v) is 4.84. The molecule has 0 saturated heterocycles. The molecular weight excluding hydrogens is 500 g/mol. The Morgan fingerprint density at radius 3 is 2.23 bits per heavy atom. The van der Waals surface area contributed by atoms with Gasteiger partial charge in [-0.3, -0.25) is 4.79 Å². The maximum atomic E-state index is 13.6. The van der Waals surface area contributed by atoms with E-state index in [0.29, 0.717) is 22.3 Å². The molecule has 35 heavy (non-hydrogen) atoms. The lowest BCUT2D eigenvalue weighted by atomic mass is 10.2. The molecule has 0 atom stereocenters. The molecule has 0 aliphatic rings. The van der Waals surface area contributed by atoms with Crippen LogP contribution in [0.3, 0.4) is 0 Å². The van der Waals surface area contributed by atoms with Crippen LogP contribution < -0.4 is 10.4 Å². The van der Waals surface area contributed by atoms with Crippen LogP contribution in [0.15, 0.2) is 27.9 Å². The van der Waals surface area contributed by atoms with Crippen molar-refractivity contribution in [3.05, 3.63) is 40.1 Å². The number of benzene rings is 1. The summed E-state index contributed by atoms with van der Waals surface area (Å²) in [5.41, 5.74) is -2.13. The molecule has 0 N–H and O–H groups in total. The molecule has 14 heteroatoms. The van der Waals surface area contributed by atoms with Crippen molar-refractivity contribution in [1.82, 2.24) is 23.8 Å². The van der Waals surface area contributed by atoms with Crippen LogP contribution >= 0.6 is 11.8 Å². The Hall–Kier alpha value is -3.16. The summed E-state index contributed by atoms with van der Waals surface area (Å²) in [4.78, 5) is 26.1. The van der Waals surface area contributed by atoms with Crippen molar-refractivity contribution in [3.8, 4) is 11.4 Å². The van der Waals surface area contributed by atoms with Gasteiger partial charge in [-0.05, 0) is 30.9 Å². The van der Waals surface area contributed by atoms with Gasteiger partial charge in [-0.2, -0.15) is 26.3 Å². The zero-order chi connectivity index (χ0) is 25.9. The van der Waals surface area contributed by atoms with E-state index in [4.69, 9.17) is 0 Å². The number of imidazole rings is 2. The number of hydrogen-bond acceptors (Lipinski definition) is 5. The number of alkyl halides is 6. The second kappa shape index (κ2) is 8.50. The van der Waals surface area contributed by atoms with Gasteiger partial charge in [-0.1, -0.05) is 6.92 Å². The first kappa shape index (κ1) is 24.9. The topological polar surface area (TPSA) is 66.9 Å². The Bertz CT molecular complexity index is 1500. The molecule has 3 aromatic heterocycles. The van der Waals surface area contributed by atoms with Gasteiger partial charge in [0.1, 0.15) is 18.5 Å². The van der Waals surface area contributed by atoms with Crippen molar-refractivity contribution < 1.29 is 31.2 Å². The molecular formula is C21H19F6N5O2S. The van der Waals surface area contributed by atoms with Crippen LogP contribution in [0, 0.1) is 0 Å². The zero-order valence-electron chi connectivity index (χ0n) is 18.9. The molecule has 188 valence electrons. The Morgan fingerprint density at radius 2 is 1.69 bits per heavy atom. The van der Waals surface area contributed by atoms with Crippen molar-refractivity contribution in [3.63, 3.8) is 0 Å². The van der Waals surface area contributed by atoms with Crippen molar-refractivity contribution in [1.29, 1.82) is 0 Å². The fourth-order valence-electron chi connectivity index (χ4n) is 4.02. The smallest absolute Gasteiger partial charge is 0.413 e. The fraction of sp³-hybridized carbons (Fsp3) is 0.381. The highest BCUT2D eigenvalue weighted by molar-refractivity contribution is 7.99. The highest BCUT2D eigenvalue weighted by Gasteiger charge is 2.38. The molecule has 0 amide bonds. The first-order chi connectivity index (χ1) is 16.3. The summed E-state index contributed by atoms with van der Waals surface area (Å²) in [5, 5.41) is 0. The van der Waals surface area contributed by atoms with Crippen molar-refractivity contribution in [2.24, 2.45) is 7.05 Å². The molecule has 0 radical (unpaired) electrons. The van der Waals surface area contributed by atoms with Crippen LogP contribution in [0.2, 0.25) is 0 Å². The van der Waals surface area contributed by atoms with Gasteiger partial charge in [0.15, 0.2) is 5.69 Å². The van der Waals surface area contributed by atoms with Gasteiger partial charge >= 0.3 is 17.9 Å². The zero-order valence-corrected chi connectivity index (χ0v) is 19.7. The number of nitrogens with zero attached hydrogens (tertiary/aromatic N) is 5. The molecule has 0 aliphatic heterocycles. The third-order valence-electron chi connectivity index (χ3n) is 5.43. The van der Waals surface area contributed by atoms with Crippen LogP contribution in [-0.2, 0) is 25.9 Å². The van der Waals surface area contributed by atoms with Gasteiger partial charge in [0, 0.05) is 24.1 Å². The number of hydrogen-bond donors (Lipinski definition) is 0. The predicted molar refractivity (Wildman–Crippen MR) is 118 cm³/mol. The van der Waals surface area contributed by atoms with E-state index < -0.39 is 29.4 Å². The minimum Gasteiger partial charge on any atom is -0.413 e. The van der Waals surface area contributed by atoms with Gasteiger partial charge < -0.3 is 14.0 Å². The summed E-state index contributed by atoms with van der Waals surface area (Å²) in [6.45, 7) is 3.45. The summed E-state index contributed by atoms with van der Waals surface area (Å²) in [5.74, 6) is -0.386. The minimum atomic E-state index is -4.88. The molecule has 0 fully saturated rings. The van der Waals surface area contributed by atoms with E-state index in [1.54, 1.807) is 13.0 Å². The van der Waals surface area contributed by atoms with E-state index in [1.807, 2.05) is 6.92 Å². The molecule has 3 heterocycles. The normalized spacial score (nSPS) is 12.7. The van der Waals surface area contributed by atoms with E-state index in [0.717, 1.165) is 11.7 Å². The van der Waals surface area contributed by atoms with E-state index in [-0.39, 0.29) is 39.2 Å². The second-order valence-corrected chi connectivity index (χ2v) is 8.79. The Morgan fingerprint density at radius 1 is 1.00 bits per heavy atom. The van der Waals surface area contributed by atoms with Gasteiger partial charge in [0.25, 0.3) is 0 Å². The quantitative estimate of drug-likeness (QED) is 0.275. The van der Waals surface area contributed by atoms with Crippen LogP contribution in [0.5, 0.6) is 0 Å². The summed E-state index contributed by atoms with van der Waals surface area (Å²) < 4.78 is 83.7. The molecule has 0 saturated carbocycles. The van der Waals surface area contributed by atoms with Crippen molar-refractivity contribution >= 4 is 33.8 Å². The molecule has 0 spiro atoms. The van der Waals surface area contributed by atoms with Gasteiger partial charge in [0.05, 0.1) is 16.6 Å². The molecule has 4 aromatic rings. The lowest BCUT2D eigenvalue weighted by Crippen LogP contribution is -2.32. The van der Waals surface area contributed by atoms with Crippen molar-refractivity contribution in [2.45, 2.75) is 37.6 Å². The number of aromatic nitrogens is 5.